The number of pyridine rings is 1. The first-order valence-corrected chi connectivity index (χ1v) is 10.7. The molecule has 0 saturated carbocycles. The minimum absolute atomic E-state index is 0.214. The van der Waals surface area contributed by atoms with Crippen LogP contribution in [0.5, 0.6) is 0 Å². The lowest BCUT2D eigenvalue weighted by molar-refractivity contribution is -0.685. The summed E-state index contributed by atoms with van der Waals surface area (Å²) in [6.07, 6.45) is -0.271. The first-order valence-electron chi connectivity index (χ1n) is 10.7. The van der Waals surface area contributed by atoms with Gasteiger partial charge in [-0.3, -0.25) is 0 Å². The number of aromatic nitrogens is 1. The van der Waals surface area contributed by atoms with Crippen LogP contribution in [0.15, 0.2) is 55.1 Å². The van der Waals surface area contributed by atoms with Gasteiger partial charge in [0.1, 0.15) is 24.4 Å². The van der Waals surface area contributed by atoms with Gasteiger partial charge in [-0.1, -0.05) is 18.2 Å². The Labute approximate surface area is 200 Å². The molecule has 5 N–H and O–H groups in total. The second kappa shape index (κ2) is 11.5. The number of aliphatic carboxylic acids is 2. The molecule has 190 valence electrons. The van der Waals surface area contributed by atoms with Crippen LogP contribution in [-0.2, 0) is 30.3 Å². The fraction of sp³-hybridized carbons (Fsp3) is 0.435. The minimum atomic E-state index is -1.68. The number of carbonyl (C=O) groups is 2. The smallest absolute Gasteiger partial charge is 0.370 e. The molecule has 2 aliphatic rings. The van der Waals surface area contributed by atoms with E-state index in [1.165, 1.54) is 10.6 Å². The summed E-state index contributed by atoms with van der Waals surface area (Å²) in [5.41, 5.74) is 0.376. The average Bonchev–Trinajstić information content (AvgIpc) is 2.82. The van der Waals surface area contributed by atoms with Crippen molar-refractivity contribution in [2.24, 2.45) is 11.8 Å². The van der Waals surface area contributed by atoms with E-state index in [2.05, 4.69) is 6.58 Å². The molecule has 0 amide bonds. The van der Waals surface area contributed by atoms with Crippen molar-refractivity contribution in [3.05, 3.63) is 60.7 Å². The number of allylic oxidation sites excluding steroid dienone is 1. The summed E-state index contributed by atoms with van der Waals surface area (Å²) in [4.78, 5) is 22.7. The van der Waals surface area contributed by atoms with Crippen molar-refractivity contribution in [3.63, 3.8) is 0 Å². The third-order valence-corrected chi connectivity index (χ3v) is 5.74. The Morgan fingerprint density at radius 3 is 2.57 bits per heavy atom. The fourth-order valence-electron chi connectivity index (χ4n) is 3.91. The van der Waals surface area contributed by atoms with Crippen LogP contribution in [0.1, 0.15) is 5.56 Å². The SMILES string of the molecule is C=C[C@H]1[C@H](O[C@@H]2O[C@H](CO)[C@@H](O)[C@H](O)[C@H]2O)OC=C(C(=O)[O-])[C@H]1/C=C/c1ccc[n+](CC(=O)O)c1. The zero-order valence-electron chi connectivity index (χ0n) is 18.5. The van der Waals surface area contributed by atoms with Crippen LogP contribution in [-0.4, -0.2) is 81.1 Å². The Morgan fingerprint density at radius 2 is 1.94 bits per heavy atom. The molecule has 3 rings (SSSR count). The third kappa shape index (κ3) is 6.11. The van der Waals surface area contributed by atoms with Crippen molar-refractivity contribution < 1.29 is 59.0 Å². The maximum Gasteiger partial charge on any atom is 0.370 e. The number of nitrogens with zero attached hydrogens (tertiary/aromatic N) is 1. The Balaban J connectivity index is 1.84. The quantitative estimate of drug-likeness (QED) is 0.178. The van der Waals surface area contributed by atoms with E-state index in [1.807, 2.05) is 0 Å². The van der Waals surface area contributed by atoms with E-state index in [4.69, 9.17) is 19.3 Å². The summed E-state index contributed by atoms with van der Waals surface area (Å²) in [6.45, 7) is 2.81. The predicted molar refractivity (Wildman–Crippen MR) is 113 cm³/mol. The summed E-state index contributed by atoms with van der Waals surface area (Å²) in [5, 5.41) is 60.3. The number of carbonyl (C=O) groups excluding carboxylic acids is 1. The van der Waals surface area contributed by atoms with Crippen LogP contribution >= 0.6 is 0 Å². The highest BCUT2D eigenvalue weighted by atomic mass is 16.8. The van der Waals surface area contributed by atoms with Crippen LogP contribution in [0.25, 0.3) is 6.08 Å². The molecule has 35 heavy (non-hydrogen) atoms. The number of aliphatic hydroxyl groups excluding tert-OH is 4. The van der Waals surface area contributed by atoms with Crippen molar-refractivity contribution in [2.75, 3.05) is 6.61 Å². The lowest BCUT2D eigenvalue weighted by Gasteiger charge is -2.43. The number of ether oxygens (including phenoxy) is 3. The van der Waals surface area contributed by atoms with Crippen molar-refractivity contribution in [1.82, 2.24) is 0 Å². The van der Waals surface area contributed by atoms with Crippen LogP contribution < -0.4 is 9.67 Å². The minimum Gasteiger partial charge on any atom is -0.545 e. The largest absolute Gasteiger partial charge is 0.545 e. The summed E-state index contributed by atoms with van der Waals surface area (Å²) < 4.78 is 17.9. The maximum absolute atomic E-state index is 11.7. The van der Waals surface area contributed by atoms with Gasteiger partial charge in [0.25, 0.3) is 0 Å². The van der Waals surface area contributed by atoms with Gasteiger partial charge in [0, 0.05) is 29.0 Å². The molecule has 1 saturated heterocycles. The molecule has 0 aromatic carbocycles. The molecular formula is C23H27NO11. The molecule has 0 unspecified atom stereocenters. The second-order valence-electron chi connectivity index (χ2n) is 8.10. The van der Waals surface area contributed by atoms with Crippen molar-refractivity contribution >= 4 is 18.0 Å². The fourth-order valence-corrected chi connectivity index (χ4v) is 3.91. The van der Waals surface area contributed by atoms with Crippen molar-refractivity contribution in [2.45, 2.75) is 43.5 Å². The second-order valence-corrected chi connectivity index (χ2v) is 8.10. The van der Waals surface area contributed by atoms with Gasteiger partial charge in [0.05, 0.1) is 18.8 Å². The van der Waals surface area contributed by atoms with E-state index in [0.29, 0.717) is 5.56 Å². The van der Waals surface area contributed by atoms with Gasteiger partial charge in [-0.15, -0.1) is 6.58 Å². The lowest BCUT2D eigenvalue weighted by atomic mass is 9.83. The van der Waals surface area contributed by atoms with Gasteiger partial charge in [-0.25, -0.2) is 4.79 Å². The van der Waals surface area contributed by atoms with Crippen LogP contribution in [0, 0.1) is 11.8 Å². The number of hydrogen-bond donors (Lipinski definition) is 5. The normalized spacial score (nSPS) is 33.1. The van der Waals surface area contributed by atoms with E-state index in [9.17, 15) is 35.1 Å². The van der Waals surface area contributed by atoms with Gasteiger partial charge < -0.3 is 49.6 Å². The molecular weight excluding hydrogens is 466 g/mol. The molecule has 3 heterocycles. The Morgan fingerprint density at radius 1 is 1.20 bits per heavy atom. The van der Waals surface area contributed by atoms with Crippen molar-refractivity contribution in [1.29, 1.82) is 0 Å². The van der Waals surface area contributed by atoms with Crippen LogP contribution in [0.2, 0.25) is 0 Å². The van der Waals surface area contributed by atoms with Gasteiger partial charge in [0.2, 0.25) is 12.8 Å². The number of carboxylic acids is 2. The highest BCUT2D eigenvalue weighted by molar-refractivity contribution is 5.86. The van der Waals surface area contributed by atoms with Crippen molar-refractivity contribution in [3.8, 4) is 0 Å². The molecule has 12 heteroatoms. The Hall–Kier alpha value is -3.13. The van der Waals surface area contributed by atoms with Gasteiger partial charge in [0.15, 0.2) is 18.7 Å². The van der Waals surface area contributed by atoms with Gasteiger partial charge in [-0.05, 0) is 6.07 Å². The number of aliphatic hydroxyl groups is 4. The summed E-state index contributed by atoms with van der Waals surface area (Å²) in [6, 6.07) is 3.33. The molecule has 12 nitrogen and oxygen atoms in total. The molecule has 0 aliphatic carbocycles. The third-order valence-electron chi connectivity index (χ3n) is 5.74. The number of hydrogen-bond acceptors (Lipinski definition) is 10. The van der Waals surface area contributed by atoms with E-state index >= 15 is 0 Å². The first kappa shape index (κ1) is 26.5. The molecule has 2 aliphatic heterocycles. The molecule has 1 aromatic rings. The van der Waals surface area contributed by atoms with E-state index in [1.54, 1.807) is 36.7 Å². The number of carboxylic acid groups (broad SMARTS) is 2. The zero-order chi connectivity index (χ0) is 25.7. The maximum atomic E-state index is 11.7. The van der Waals surface area contributed by atoms with E-state index in [-0.39, 0.29) is 12.1 Å². The summed E-state index contributed by atoms with van der Waals surface area (Å²) in [7, 11) is 0. The van der Waals surface area contributed by atoms with E-state index in [0.717, 1.165) is 6.26 Å². The zero-order valence-corrected chi connectivity index (χ0v) is 18.5. The van der Waals surface area contributed by atoms with Gasteiger partial charge in [-0.2, -0.15) is 4.57 Å². The molecule has 1 aromatic heterocycles. The highest BCUT2D eigenvalue weighted by Gasteiger charge is 2.46. The Bertz CT molecular complexity index is 991. The molecule has 8 atom stereocenters. The summed E-state index contributed by atoms with van der Waals surface area (Å²) >= 11 is 0. The molecule has 0 bridgehead atoms. The highest BCUT2D eigenvalue weighted by Crippen LogP contribution is 2.35. The summed E-state index contributed by atoms with van der Waals surface area (Å²) in [5.74, 6) is -4.21. The molecule has 0 radical (unpaired) electrons. The van der Waals surface area contributed by atoms with E-state index < -0.39 is 67.4 Å². The Kier molecular flexibility index (Phi) is 8.72. The first-order chi connectivity index (χ1) is 16.7. The molecule has 0 spiro atoms. The average molecular weight is 493 g/mol. The van der Waals surface area contributed by atoms with Crippen LogP contribution in [0.4, 0.5) is 0 Å². The van der Waals surface area contributed by atoms with Gasteiger partial charge >= 0.3 is 5.97 Å². The topological polar surface area (TPSA) is 190 Å². The lowest BCUT2D eigenvalue weighted by Crippen LogP contribution is -2.60. The van der Waals surface area contributed by atoms with Crippen LogP contribution in [0.3, 0.4) is 0 Å². The standard InChI is InChI=1S/C23H27NO11/c1-2-13-14(6-5-12-4-3-7-24(8-12)9-17(26)27)15(21(31)32)11-33-22(13)35-23-20(30)19(29)18(28)16(10-25)34-23/h2-8,11,13-14,16,18-20,22-23,25,28-30H,1,9-10H2,(H-,26,27,31,32)/b6-5+/t13-,14+,16-,18-,19+,20-,22+,23+/m1/s1. The monoisotopic (exact) mass is 493 g/mol. The molecule has 1 fully saturated rings. The predicted octanol–water partition coefficient (Wildman–Crippen LogP) is -2.70. The number of rotatable bonds is 9.